The van der Waals surface area contributed by atoms with Gasteiger partial charge in [0, 0.05) is 12.7 Å². The Hall–Kier alpha value is -0.870. The highest BCUT2D eigenvalue weighted by Crippen LogP contribution is 2.10. The Balaban J connectivity index is 2.76. The number of nitrogens with zero attached hydrogens (tertiary/aromatic N) is 2. The van der Waals surface area contributed by atoms with Crippen molar-refractivity contribution in [3.63, 3.8) is 0 Å². The number of rotatable bonds is 4. The van der Waals surface area contributed by atoms with Crippen molar-refractivity contribution in [2.75, 3.05) is 6.61 Å². The number of hydrogen-bond acceptors (Lipinski definition) is 3. The molecular formula is C9H17N3O. The van der Waals surface area contributed by atoms with Crippen LogP contribution in [0.4, 0.5) is 0 Å². The molecule has 74 valence electrons. The molecule has 0 bridgehead atoms. The van der Waals surface area contributed by atoms with Crippen molar-refractivity contribution < 1.29 is 5.11 Å². The average Bonchev–Trinajstić information content (AvgIpc) is 2.50. The summed E-state index contributed by atoms with van der Waals surface area (Å²) in [5, 5.41) is 8.90. The van der Waals surface area contributed by atoms with Gasteiger partial charge >= 0.3 is 0 Å². The van der Waals surface area contributed by atoms with Crippen molar-refractivity contribution in [2.45, 2.75) is 26.4 Å². The van der Waals surface area contributed by atoms with E-state index >= 15 is 0 Å². The van der Waals surface area contributed by atoms with Gasteiger partial charge in [0.05, 0.1) is 24.7 Å². The molecule has 1 unspecified atom stereocenters. The van der Waals surface area contributed by atoms with Crippen molar-refractivity contribution in [3.05, 3.63) is 18.2 Å². The molecule has 1 heterocycles. The number of aliphatic hydroxyl groups excluding tert-OH is 1. The quantitative estimate of drug-likeness (QED) is 0.715. The highest BCUT2D eigenvalue weighted by Gasteiger charge is 2.10. The molecule has 0 aromatic carbocycles. The van der Waals surface area contributed by atoms with E-state index in [1.165, 1.54) is 0 Å². The van der Waals surface area contributed by atoms with Crippen LogP contribution in [0.2, 0.25) is 0 Å². The van der Waals surface area contributed by atoms with Gasteiger partial charge in [-0.15, -0.1) is 0 Å². The molecule has 1 aromatic rings. The summed E-state index contributed by atoms with van der Waals surface area (Å²) in [7, 11) is 0. The van der Waals surface area contributed by atoms with E-state index in [-0.39, 0.29) is 12.6 Å². The molecule has 0 saturated heterocycles. The van der Waals surface area contributed by atoms with Gasteiger partial charge in [-0.1, -0.05) is 13.8 Å². The molecule has 13 heavy (non-hydrogen) atoms. The minimum atomic E-state index is -0.318. The summed E-state index contributed by atoms with van der Waals surface area (Å²) < 4.78 is 1.99. The minimum absolute atomic E-state index is 0.0379. The molecule has 0 spiro atoms. The number of aliphatic hydroxyl groups is 1. The summed E-state index contributed by atoms with van der Waals surface area (Å²) in [6, 6.07) is -0.318. The first-order valence-corrected chi connectivity index (χ1v) is 4.51. The first kappa shape index (κ1) is 10.2. The summed E-state index contributed by atoms with van der Waals surface area (Å²) in [5.74, 6) is 0.554. The summed E-state index contributed by atoms with van der Waals surface area (Å²) in [6.45, 7) is 5.12. The Morgan fingerprint density at radius 3 is 2.85 bits per heavy atom. The SMILES string of the molecule is CC(C)Cn1cncc1C(N)CO. The lowest BCUT2D eigenvalue weighted by Gasteiger charge is -2.13. The maximum Gasteiger partial charge on any atom is 0.0948 e. The van der Waals surface area contributed by atoms with Gasteiger partial charge in [0.2, 0.25) is 0 Å². The Morgan fingerprint density at radius 2 is 2.31 bits per heavy atom. The fourth-order valence-corrected chi connectivity index (χ4v) is 1.28. The smallest absolute Gasteiger partial charge is 0.0948 e. The third kappa shape index (κ3) is 2.54. The van der Waals surface area contributed by atoms with Crippen LogP contribution < -0.4 is 5.73 Å². The second kappa shape index (κ2) is 4.39. The van der Waals surface area contributed by atoms with Crippen LogP contribution in [0, 0.1) is 5.92 Å². The average molecular weight is 183 g/mol. The lowest BCUT2D eigenvalue weighted by molar-refractivity contribution is 0.262. The molecule has 1 atom stereocenters. The van der Waals surface area contributed by atoms with Gasteiger partial charge in [0.15, 0.2) is 0 Å². The zero-order valence-corrected chi connectivity index (χ0v) is 8.14. The zero-order chi connectivity index (χ0) is 9.84. The fraction of sp³-hybridized carbons (Fsp3) is 0.667. The normalized spacial score (nSPS) is 13.6. The summed E-state index contributed by atoms with van der Waals surface area (Å²) in [4.78, 5) is 4.02. The van der Waals surface area contributed by atoms with Crippen LogP contribution in [0.15, 0.2) is 12.5 Å². The van der Waals surface area contributed by atoms with Crippen LogP contribution >= 0.6 is 0 Å². The standard InChI is InChI=1S/C9H17N3O/c1-7(2)4-12-6-11-3-9(12)8(10)5-13/h3,6-8,13H,4-5,10H2,1-2H3. The largest absolute Gasteiger partial charge is 0.394 e. The lowest BCUT2D eigenvalue weighted by atomic mass is 10.2. The number of hydrogen-bond donors (Lipinski definition) is 2. The van der Waals surface area contributed by atoms with Crippen LogP contribution in [-0.4, -0.2) is 21.3 Å². The van der Waals surface area contributed by atoms with E-state index in [1.54, 1.807) is 12.5 Å². The first-order valence-electron chi connectivity index (χ1n) is 4.51. The van der Waals surface area contributed by atoms with Crippen LogP contribution in [0.25, 0.3) is 0 Å². The summed E-state index contributed by atoms with van der Waals surface area (Å²) in [6.07, 6.45) is 3.47. The molecule has 0 fully saturated rings. The summed E-state index contributed by atoms with van der Waals surface area (Å²) in [5.41, 5.74) is 6.60. The van der Waals surface area contributed by atoms with Gasteiger partial charge < -0.3 is 15.4 Å². The third-order valence-corrected chi connectivity index (χ3v) is 1.88. The van der Waals surface area contributed by atoms with E-state index in [0.29, 0.717) is 5.92 Å². The molecule has 4 nitrogen and oxygen atoms in total. The van der Waals surface area contributed by atoms with E-state index in [0.717, 1.165) is 12.2 Å². The van der Waals surface area contributed by atoms with Crippen molar-refractivity contribution in [3.8, 4) is 0 Å². The molecule has 4 heteroatoms. The van der Waals surface area contributed by atoms with Crippen molar-refractivity contribution in [2.24, 2.45) is 11.7 Å². The highest BCUT2D eigenvalue weighted by atomic mass is 16.3. The first-order chi connectivity index (χ1) is 6.15. The van der Waals surface area contributed by atoms with Crippen LogP contribution in [-0.2, 0) is 6.54 Å². The number of nitrogens with two attached hydrogens (primary N) is 1. The molecule has 0 radical (unpaired) electrons. The molecule has 0 aliphatic carbocycles. The van der Waals surface area contributed by atoms with Gasteiger partial charge in [-0.3, -0.25) is 0 Å². The molecule has 0 aliphatic heterocycles. The number of imidazole rings is 1. The molecule has 0 aliphatic rings. The van der Waals surface area contributed by atoms with E-state index < -0.39 is 0 Å². The van der Waals surface area contributed by atoms with Crippen molar-refractivity contribution >= 4 is 0 Å². The predicted octanol–water partition coefficient (Wildman–Crippen LogP) is 0.531. The Bertz CT molecular complexity index is 257. The monoisotopic (exact) mass is 183 g/mol. The van der Waals surface area contributed by atoms with Crippen LogP contribution in [0.1, 0.15) is 25.6 Å². The van der Waals surface area contributed by atoms with Gasteiger partial charge in [0.25, 0.3) is 0 Å². The number of aromatic nitrogens is 2. The van der Waals surface area contributed by atoms with Gasteiger partial charge in [-0.2, -0.15) is 0 Å². The van der Waals surface area contributed by atoms with Crippen molar-refractivity contribution in [1.82, 2.24) is 9.55 Å². The molecule has 1 rings (SSSR count). The molecule has 1 aromatic heterocycles. The molecular weight excluding hydrogens is 166 g/mol. The maximum atomic E-state index is 8.90. The van der Waals surface area contributed by atoms with Gasteiger partial charge in [-0.25, -0.2) is 4.98 Å². The van der Waals surface area contributed by atoms with Gasteiger partial charge in [0.1, 0.15) is 0 Å². The van der Waals surface area contributed by atoms with E-state index in [1.807, 2.05) is 4.57 Å². The van der Waals surface area contributed by atoms with Crippen LogP contribution in [0.3, 0.4) is 0 Å². The highest BCUT2D eigenvalue weighted by molar-refractivity contribution is 5.04. The third-order valence-electron chi connectivity index (χ3n) is 1.88. The van der Waals surface area contributed by atoms with E-state index in [9.17, 15) is 0 Å². The van der Waals surface area contributed by atoms with Gasteiger partial charge in [-0.05, 0) is 5.92 Å². The fourth-order valence-electron chi connectivity index (χ4n) is 1.28. The Kier molecular flexibility index (Phi) is 3.45. The second-order valence-corrected chi connectivity index (χ2v) is 3.65. The van der Waals surface area contributed by atoms with E-state index in [2.05, 4.69) is 18.8 Å². The Labute approximate surface area is 78.4 Å². The second-order valence-electron chi connectivity index (χ2n) is 3.65. The Morgan fingerprint density at radius 1 is 1.62 bits per heavy atom. The predicted molar refractivity (Wildman–Crippen MR) is 51.1 cm³/mol. The topological polar surface area (TPSA) is 64.1 Å². The minimum Gasteiger partial charge on any atom is -0.394 e. The molecule has 0 saturated carbocycles. The van der Waals surface area contributed by atoms with Crippen molar-refractivity contribution in [1.29, 1.82) is 0 Å². The molecule has 3 N–H and O–H groups in total. The molecule has 0 amide bonds. The van der Waals surface area contributed by atoms with E-state index in [4.69, 9.17) is 10.8 Å². The lowest BCUT2D eigenvalue weighted by Crippen LogP contribution is -2.19. The van der Waals surface area contributed by atoms with Crippen LogP contribution in [0.5, 0.6) is 0 Å². The summed E-state index contributed by atoms with van der Waals surface area (Å²) >= 11 is 0. The maximum absolute atomic E-state index is 8.90. The zero-order valence-electron chi connectivity index (χ0n) is 8.14.